The zero-order valence-electron chi connectivity index (χ0n) is 15.0. The zero-order valence-corrected chi connectivity index (χ0v) is 15.0. The molecule has 2 amide bonds. The van der Waals surface area contributed by atoms with Crippen LogP contribution < -0.4 is 5.32 Å². The van der Waals surface area contributed by atoms with Crippen molar-refractivity contribution in [2.24, 2.45) is 0 Å². The van der Waals surface area contributed by atoms with Gasteiger partial charge in [-0.2, -0.15) is 0 Å². The van der Waals surface area contributed by atoms with Gasteiger partial charge in [0.15, 0.2) is 0 Å². The third-order valence-corrected chi connectivity index (χ3v) is 5.29. The molecule has 1 saturated carbocycles. The third kappa shape index (κ3) is 4.57. The minimum absolute atomic E-state index is 0.0319. The molecular weight excluding hydrogens is 316 g/mol. The molecule has 0 bridgehead atoms. The predicted octanol–water partition coefficient (Wildman–Crippen LogP) is 1.92. The number of hydrogen-bond donors (Lipinski definition) is 1. The van der Waals surface area contributed by atoms with E-state index in [9.17, 15) is 9.59 Å². The maximum absolute atomic E-state index is 12.7. The summed E-state index contributed by atoms with van der Waals surface area (Å²) in [4.78, 5) is 33.5. The highest BCUT2D eigenvalue weighted by atomic mass is 16.2. The van der Waals surface area contributed by atoms with Crippen LogP contribution in [0.4, 0.5) is 0 Å². The van der Waals surface area contributed by atoms with Crippen molar-refractivity contribution in [3.05, 3.63) is 29.6 Å². The van der Waals surface area contributed by atoms with Crippen molar-refractivity contribution in [3.8, 4) is 0 Å². The summed E-state index contributed by atoms with van der Waals surface area (Å²) in [6, 6.07) is 1.93. The number of pyridine rings is 1. The first-order valence-electron chi connectivity index (χ1n) is 9.45. The number of nitrogens with zero attached hydrogens (tertiary/aromatic N) is 3. The fourth-order valence-electron chi connectivity index (χ4n) is 3.65. The molecule has 1 aliphatic heterocycles. The van der Waals surface area contributed by atoms with Crippen molar-refractivity contribution >= 4 is 11.8 Å². The predicted molar refractivity (Wildman–Crippen MR) is 96.6 cm³/mol. The molecule has 1 saturated heterocycles. The van der Waals surface area contributed by atoms with E-state index < -0.39 is 0 Å². The minimum Gasteiger partial charge on any atom is -0.349 e. The van der Waals surface area contributed by atoms with Crippen molar-refractivity contribution in [1.82, 2.24) is 20.1 Å². The summed E-state index contributed by atoms with van der Waals surface area (Å²) in [6.07, 6.45) is 8.79. The molecule has 1 aliphatic carbocycles. The first kappa shape index (κ1) is 17.9. The lowest BCUT2D eigenvalue weighted by molar-refractivity contribution is 0.0643. The molecule has 136 valence electrons. The van der Waals surface area contributed by atoms with Crippen LogP contribution in [0, 0.1) is 0 Å². The smallest absolute Gasteiger partial charge is 0.255 e. The lowest BCUT2D eigenvalue weighted by atomic mass is 9.95. The van der Waals surface area contributed by atoms with E-state index in [0.717, 1.165) is 45.6 Å². The number of nitrogens with one attached hydrogen (secondary N) is 1. The van der Waals surface area contributed by atoms with Crippen molar-refractivity contribution < 1.29 is 9.59 Å². The highest BCUT2D eigenvalue weighted by molar-refractivity contribution is 5.99. The lowest BCUT2D eigenvalue weighted by Gasteiger charge is -2.34. The van der Waals surface area contributed by atoms with Crippen molar-refractivity contribution in [3.63, 3.8) is 0 Å². The van der Waals surface area contributed by atoms with Gasteiger partial charge in [-0.05, 0) is 25.5 Å². The molecule has 2 aliphatic rings. The molecule has 0 atom stereocenters. The van der Waals surface area contributed by atoms with Gasteiger partial charge in [0.05, 0.1) is 11.1 Å². The Morgan fingerprint density at radius 3 is 2.44 bits per heavy atom. The van der Waals surface area contributed by atoms with Crippen molar-refractivity contribution in [2.75, 3.05) is 32.7 Å². The first-order valence-corrected chi connectivity index (χ1v) is 9.45. The summed E-state index contributed by atoms with van der Waals surface area (Å²) < 4.78 is 0. The number of piperazine rings is 1. The van der Waals surface area contributed by atoms with Gasteiger partial charge >= 0.3 is 0 Å². The maximum atomic E-state index is 12.7. The molecule has 1 aromatic heterocycles. The standard InChI is InChI=1S/C19H28N4O2/c1-2-22-8-10-23(11-9-22)19(25)16-12-15(13-20-14-16)18(24)21-17-6-4-3-5-7-17/h12-14,17H,2-11H2,1H3,(H,21,24). The Balaban J connectivity index is 1.62. The summed E-state index contributed by atoms with van der Waals surface area (Å²) in [5, 5.41) is 3.08. The normalized spacial score (nSPS) is 19.6. The van der Waals surface area contributed by atoms with Crippen molar-refractivity contribution in [1.29, 1.82) is 0 Å². The highest BCUT2D eigenvalue weighted by Crippen LogP contribution is 2.18. The highest BCUT2D eigenvalue weighted by Gasteiger charge is 2.23. The van der Waals surface area contributed by atoms with Crippen LogP contribution in [0.1, 0.15) is 59.7 Å². The second kappa shape index (κ2) is 8.43. The number of carbonyl (C=O) groups excluding carboxylic acids is 2. The van der Waals surface area contributed by atoms with E-state index in [1.54, 1.807) is 18.5 Å². The summed E-state index contributed by atoms with van der Waals surface area (Å²) in [6.45, 7) is 6.40. The van der Waals surface area contributed by atoms with Crippen LogP contribution in [0.3, 0.4) is 0 Å². The molecule has 1 N–H and O–H groups in total. The van der Waals surface area contributed by atoms with Gasteiger partial charge in [-0.1, -0.05) is 26.2 Å². The van der Waals surface area contributed by atoms with Crippen LogP contribution in [0.5, 0.6) is 0 Å². The Hall–Kier alpha value is -1.95. The van der Waals surface area contributed by atoms with Crippen LogP contribution in [-0.2, 0) is 0 Å². The molecule has 0 radical (unpaired) electrons. The summed E-state index contributed by atoms with van der Waals surface area (Å²) in [5.74, 6) is -0.152. The number of aromatic nitrogens is 1. The van der Waals surface area contributed by atoms with Gasteiger partial charge in [0.25, 0.3) is 11.8 Å². The molecule has 1 aromatic rings. The molecular formula is C19H28N4O2. The third-order valence-electron chi connectivity index (χ3n) is 5.29. The van der Waals surface area contributed by atoms with Gasteiger partial charge in [0.1, 0.15) is 0 Å². The van der Waals surface area contributed by atoms with Gasteiger partial charge in [0.2, 0.25) is 0 Å². The summed E-state index contributed by atoms with van der Waals surface area (Å²) in [5.41, 5.74) is 0.977. The van der Waals surface area contributed by atoms with E-state index >= 15 is 0 Å². The Morgan fingerprint density at radius 1 is 1.08 bits per heavy atom. The maximum Gasteiger partial charge on any atom is 0.255 e. The quantitative estimate of drug-likeness (QED) is 0.906. The van der Waals surface area contributed by atoms with Gasteiger partial charge in [-0.3, -0.25) is 14.6 Å². The first-order chi connectivity index (χ1) is 12.2. The topological polar surface area (TPSA) is 65.5 Å². The number of likely N-dealkylation sites (N-methyl/N-ethyl adjacent to an activating group) is 1. The Morgan fingerprint density at radius 2 is 1.76 bits per heavy atom. The van der Waals surface area contributed by atoms with Crippen molar-refractivity contribution in [2.45, 2.75) is 45.1 Å². The van der Waals surface area contributed by atoms with Crippen LogP contribution in [0.25, 0.3) is 0 Å². The molecule has 3 rings (SSSR count). The number of carbonyl (C=O) groups is 2. The molecule has 0 aromatic carbocycles. The molecule has 2 fully saturated rings. The largest absolute Gasteiger partial charge is 0.349 e. The molecule has 6 heteroatoms. The molecule has 0 spiro atoms. The Kier molecular flexibility index (Phi) is 6.02. The average Bonchev–Trinajstić information content (AvgIpc) is 2.68. The fraction of sp³-hybridized carbons (Fsp3) is 0.632. The second-order valence-electron chi connectivity index (χ2n) is 7.00. The number of rotatable bonds is 4. The van der Waals surface area contributed by atoms with E-state index in [-0.39, 0.29) is 17.9 Å². The van der Waals surface area contributed by atoms with E-state index in [2.05, 4.69) is 22.1 Å². The van der Waals surface area contributed by atoms with Crippen LogP contribution in [0.2, 0.25) is 0 Å². The zero-order chi connectivity index (χ0) is 17.6. The Bertz CT molecular complexity index is 605. The Labute approximate surface area is 149 Å². The number of hydrogen-bond acceptors (Lipinski definition) is 4. The van der Waals surface area contributed by atoms with E-state index in [4.69, 9.17) is 0 Å². The van der Waals surface area contributed by atoms with E-state index in [1.807, 2.05) is 4.90 Å². The lowest BCUT2D eigenvalue weighted by Crippen LogP contribution is -2.48. The van der Waals surface area contributed by atoms with Crippen LogP contribution in [-0.4, -0.2) is 65.4 Å². The SMILES string of the molecule is CCN1CCN(C(=O)c2cncc(C(=O)NC3CCCCC3)c2)CC1. The van der Waals surface area contributed by atoms with E-state index in [1.165, 1.54) is 19.3 Å². The summed E-state index contributed by atoms with van der Waals surface area (Å²) >= 11 is 0. The van der Waals surface area contributed by atoms with Gasteiger partial charge in [-0.15, -0.1) is 0 Å². The van der Waals surface area contributed by atoms with Gasteiger partial charge in [-0.25, -0.2) is 0 Å². The molecule has 2 heterocycles. The fourth-order valence-corrected chi connectivity index (χ4v) is 3.65. The van der Waals surface area contributed by atoms with Crippen LogP contribution in [0.15, 0.2) is 18.5 Å². The molecule has 0 unspecified atom stereocenters. The number of amides is 2. The molecule has 6 nitrogen and oxygen atoms in total. The monoisotopic (exact) mass is 344 g/mol. The minimum atomic E-state index is -0.121. The van der Waals surface area contributed by atoms with Gasteiger partial charge < -0.3 is 15.1 Å². The van der Waals surface area contributed by atoms with Crippen LogP contribution >= 0.6 is 0 Å². The second-order valence-corrected chi connectivity index (χ2v) is 7.00. The average molecular weight is 344 g/mol. The molecule has 25 heavy (non-hydrogen) atoms. The van der Waals surface area contributed by atoms with E-state index in [0.29, 0.717) is 11.1 Å². The summed E-state index contributed by atoms with van der Waals surface area (Å²) in [7, 11) is 0. The van der Waals surface area contributed by atoms with Gasteiger partial charge in [0, 0.05) is 44.6 Å².